The standard InChI is InChI=1S/C32H33ClF3N9O5/c1-17-14-31(5-7-42(8-6-31)28(49)24-26(47)18(2)37-16-38-24)23-25(17)44(15-22(46)39-21-4-3-19(13-20(21)33)32(34,35)36)30-40-29(41-45(30)27(23)48)43-9-11-50-12-10-43/h3-4,13,16-17,47H,5-12,14-15H2,1-2H3,(H,39,46)/t17-/m1/s1. The van der Waals surface area contributed by atoms with Crippen molar-refractivity contribution in [2.75, 3.05) is 49.6 Å². The van der Waals surface area contributed by atoms with Crippen LogP contribution >= 0.6 is 11.6 Å². The zero-order chi connectivity index (χ0) is 35.5. The zero-order valence-electron chi connectivity index (χ0n) is 27.1. The highest BCUT2D eigenvalue weighted by molar-refractivity contribution is 6.33. The van der Waals surface area contributed by atoms with Gasteiger partial charge in [-0.25, -0.2) is 9.97 Å². The third-order valence-corrected chi connectivity index (χ3v) is 10.2. The van der Waals surface area contributed by atoms with E-state index in [1.807, 2.05) is 11.8 Å². The smallest absolute Gasteiger partial charge is 0.416 e. The number of rotatable bonds is 5. The summed E-state index contributed by atoms with van der Waals surface area (Å²) in [5.74, 6) is -1.06. The Morgan fingerprint density at radius 1 is 1.14 bits per heavy atom. The van der Waals surface area contributed by atoms with Crippen LogP contribution in [-0.4, -0.2) is 90.3 Å². The van der Waals surface area contributed by atoms with Gasteiger partial charge >= 0.3 is 6.18 Å². The number of aryl methyl sites for hydroxylation is 1. The summed E-state index contributed by atoms with van der Waals surface area (Å²) >= 11 is 6.14. The minimum Gasteiger partial charge on any atom is -0.504 e. The molecule has 0 saturated carbocycles. The SMILES string of the molecule is Cc1ncnc(C(=O)N2CCC3(CC2)C[C@@H](C)c2c3c(=O)n3nc(N4CCOCC4)nc3n2CC(=O)Nc2ccc(C(F)(F)F)cc2Cl)c1O. The Balaban J connectivity index is 1.25. The fraction of sp³-hybridized carbons (Fsp3) is 0.469. The van der Waals surface area contributed by atoms with Gasteiger partial charge in [0, 0.05) is 42.9 Å². The second-order valence-electron chi connectivity index (χ2n) is 12.9. The number of carbonyl (C=O) groups excluding carboxylic acids is 2. The number of nitrogens with one attached hydrogen (secondary N) is 1. The van der Waals surface area contributed by atoms with Crippen LogP contribution in [0.5, 0.6) is 5.75 Å². The summed E-state index contributed by atoms with van der Waals surface area (Å²) in [6.45, 7) is 5.69. The molecule has 50 heavy (non-hydrogen) atoms. The van der Waals surface area contributed by atoms with Gasteiger partial charge in [-0.3, -0.25) is 14.4 Å². The highest BCUT2D eigenvalue weighted by Gasteiger charge is 2.49. The lowest BCUT2D eigenvalue weighted by molar-refractivity contribution is -0.137. The van der Waals surface area contributed by atoms with E-state index in [4.69, 9.17) is 21.3 Å². The first-order chi connectivity index (χ1) is 23.8. The summed E-state index contributed by atoms with van der Waals surface area (Å²) in [5, 5.41) is 17.4. The maximum Gasteiger partial charge on any atom is 0.416 e. The lowest BCUT2D eigenvalue weighted by Crippen LogP contribution is -2.46. The van der Waals surface area contributed by atoms with Crippen molar-refractivity contribution in [3.63, 3.8) is 0 Å². The summed E-state index contributed by atoms with van der Waals surface area (Å²) in [4.78, 5) is 57.5. The van der Waals surface area contributed by atoms with Crippen molar-refractivity contribution in [2.45, 2.75) is 57.2 Å². The van der Waals surface area contributed by atoms with Crippen molar-refractivity contribution < 1.29 is 32.6 Å². The predicted molar refractivity (Wildman–Crippen MR) is 174 cm³/mol. The van der Waals surface area contributed by atoms with E-state index in [0.717, 1.165) is 18.2 Å². The predicted octanol–water partition coefficient (Wildman–Crippen LogP) is 3.52. The number of hydrogen-bond acceptors (Lipinski definition) is 10. The average molecular weight is 716 g/mol. The van der Waals surface area contributed by atoms with E-state index in [0.29, 0.717) is 62.8 Å². The van der Waals surface area contributed by atoms with Gasteiger partial charge in [0.15, 0.2) is 11.4 Å². The van der Waals surface area contributed by atoms with Gasteiger partial charge in [-0.2, -0.15) is 22.7 Å². The van der Waals surface area contributed by atoms with Gasteiger partial charge in [0.1, 0.15) is 12.9 Å². The Bertz CT molecular complexity index is 2070. The van der Waals surface area contributed by atoms with Gasteiger partial charge in [-0.05, 0) is 50.3 Å². The van der Waals surface area contributed by atoms with Crippen molar-refractivity contribution in [1.82, 2.24) is 34.0 Å². The second-order valence-corrected chi connectivity index (χ2v) is 13.4. The summed E-state index contributed by atoms with van der Waals surface area (Å²) in [6.07, 6.45) is -1.96. The first kappa shape index (κ1) is 33.7. The van der Waals surface area contributed by atoms with Gasteiger partial charge in [-0.1, -0.05) is 18.5 Å². The molecule has 3 aliphatic rings. The van der Waals surface area contributed by atoms with Crippen LogP contribution in [0.1, 0.15) is 65.1 Å². The zero-order valence-corrected chi connectivity index (χ0v) is 27.9. The highest BCUT2D eigenvalue weighted by Crippen LogP contribution is 2.50. The maximum absolute atomic E-state index is 14.4. The molecule has 1 spiro atoms. The quantitative estimate of drug-likeness (QED) is 0.313. The number of nitrogens with zero attached hydrogens (tertiary/aromatic N) is 8. The van der Waals surface area contributed by atoms with Crippen molar-refractivity contribution in [3.8, 4) is 5.75 Å². The number of morpholine rings is 1. The third kappa shape index (κ3) is 5.81. The van der Waals surface area contributed by atoms with Crippen LogP contribution in [0.25, 0.3) is 5.78 Å². The number of piperidine rings is 1. The van der Waals surface area contributed by atoms with Crippen molar-refractivity contribution in [3.05, 3.63) is 68.1 Å². The number of alkyl halides is 3. The molecule has 2 fully saturated rings. The van der Waals surface area contributed by atoms with Crippen LogP contribution < -0.4 is 15.8 Å². The molecule has 4 aromatic rings. The van der Waals surface area contributed by atoms with Crippen LogP contribution in [0, 0.1) is 6.92 Å². The molecule has 2 amide bonds. The minimum absolute atomic E-state index is 0.000301. The Kier molecular flexibility index (Phi) is 8.45. The number of fused-ring (bicyclic) bond motifs is 3. The van der Waals surface area contributed by atoms with Crippen molar-refractivity contribution in [1.29, 1.82) is 0 Å². The second kappa shape index (κ2) is 12.5. The molecule has 5 heterocycles. The van der Waals surface area contributed by atoms with Crippen molar-refractivity contribution in [2.24, 2.45) is 0 Å². The van der Waals surface area contributed by atoms with E-state index < -0.39 is 29.0 Å². The molecule has 0 radical (unpaired) electrons. The topological polar surface area (TPSA) is 160 Å². The number of hydrogen-bond donors (Lipinski definition) is 2. The molecule has 3 aromatic heterocycles. The number of amides is 2. The van der Waals surface area contributed by atoms with E-state index in [9.17, 15) is 32.7 Å². The maximum atomic E-state index is 14.4. The van der Waals surface area contributed by atoms with Gasteiger partial charge in [0.2, 0.25) is 17.6 Å². The molecule has 1 aromatic carbocycles. The van der Waals surface area contributed by atoms with Crippen LogP contribution in [0.3, 0.4) is 0 Å². The number of likely N-dealkylation sites (tertiary alicyclic amines) is 1. The molecule has 18 heteroatoms. The van der Waals surface area contributed by atoms with E-state index in [1.165, 1.54) is 10.8 Å². The van der Waals surface area contributed by atoms with Crippen LogP contribution in [-0.2, 0) is 27.7 Å². The number of aromatic nitrogens is 6. The molecule has 2 aliphatic heterocycles. The molecule has 2 N–H and O–H groups in total. The molecular formula is C32H33ClF3N9O5. The number of carbonyl (C=O) groups is 2. The van der Waals surface area contributed by atoms with Crippen LogP contribution in [0.4, 0.5) is 24.8 Å². The number of aromatic hydroxyl groups is 1. The minimum atomic E-state index is -4.60. The molecule has 1 atom stereocenters. The van der Waals surface area contributed by atoms with Crippen LogP contribution in [0.2, 0.25) is 5.02 Å². The van der Waals surface area contributed by atoms with E-state index in [2.05, 4.69) is 20.4 Å². The fourth-order valence-electron chi connectivity index (χ4n) is 7.40. The first-order valence-electron chi connectivity index (χ1n) is 16.1. The Morgan fingerprint density at radius 2 is 1.86 bits per heavy atom. The molecule has 7 rings (SSSR count). The summed E-state index contributed by atoms with van der Waals surface area (Å²) < 4.78 is 48.0. The van der Waals surface area contributed by atoms with Gasteiger partial charge in [0.25, 0.3) is 11.5 Å². The Hall–Kier alpha value is -4.77. The largest absolute Gasteiger partial charge is 0.504 e. The number of ether oxygens (including phenoxy) is 1. The molecule has 14 nitrogen and oxygen atoms in total. The monoisotopic (exact) mass is 715 g/mol. The normalized spacial score (nSPS) is 18.9. The lowest BCUT2D eigenvalue weighted by atomic mass is 9.73. The first-order valence-corrected chi connectivity index (χ1v) is 16.5. The molecular weight excluding hydrogens is 683 g/mol. The van der Waals surface area contributed by atoms with Gasteiger partial charge in [-0.15, -0.1) is 5.10 Å². The highest BCUT2D eigenvalue weighted by atomic mass is 35.5. The fourth-order valence-corrected chi connectivity index (χ4v) is 7.63. The molecule has 264 valence electrons. The van der Waals surface area contributed by atoms with E-state index >= 15 is 0 Å². The summed E-state index contributed by atoms with van der Waals surface area (Å²) in [7, 11) is 0. The van der Waals surface area contributed by atoms with Crippen molar-refractivity contribution >= 4 is 40.8 Å². The number of benzene rings is 1. The van der Waals surface area contributed by atoms with E-state index in [-0.39, 0.29) is 64.7 Å². The van der Waals surface area contributed by atoms with Gasteiger partial charge < -0.3 is 29.5 Å². The Labute approximate surface area is 287 Å². The summed E-state index contributed by atoms with van der Waals surface area (Å²) in [6, 6.07) is 2.67. The molecule has 0 unspecified atom stereocenters. The summed E-state index contributed by atoms with van der Waals surface area (Å²) in [5.41, 5.74) is -0.664. The molecule has 2 saturated heterocycles. The number of halogens is 4. The van der Waals surface area contributed by atoms with E-state index in [1.54, 1.807) is 16.4 Å². The van der Waals surface area contributed by atoms with Crippen LogP contribution in [0.15, 0.2) is 29.3 Å². The Morgan fingerprint density at radius 3 is 2.54 bits per heavy atom. The molecule has 0 bridgehead atoms. The molecule has 1 aliphatic carbocycles. The lowest BCUT2D eigenvalue weighted by Gasteiger charge is -2.39. The third-order valence-electron chi connectivity index (χ3n) is 9.85. The number of anilines is 2. The van der Waals surface area contributed by atoms with Gasteiger partial charge in [0.05, 0.1) is 35.2 Å². The average Bonchev–Trinajstić information content (AvgIpc) is 3.65.